The molecule has 29 heavy (non-hydrogen) atoms. The summed E-state index contributed by atoms with van der Waals surface area (Å²) in [5, 5.41) is 0.630. The predicted octanol–water partition coefficient (Wildman–Crippen LogP) is 3.67. The molecule has 2 aliphatic rings. The fourth-order valence-corrected chi connectivity index (χ4v) is 3.97. The van der Waals surface area contributed by atoms with Gasteiger partial charge in [-0.25, -0.2) is 9.78 Å². The molecule has 0 aliphatic carbocycles. The van der Waals surface area contributed by atoms with Crippen LogP contribution in [0.3, 0.4) is 0 Å². The Kier molecular flexibility index (Phi) is 5.76. The molecule has 0 N–H and O–H groups in total. The van der Waals surface area contributed by atoms with Crippen molar-refractivity contribution in [1.29, 1.82) is 0 Å². The second-order valence-corrected chi connectivity index (χ2v) is 7.98. The smallest absolute Gasteiger partial charge is 0.320 e. The lowest BCUT2D eigenvalue weighted by atomic mass is 10.1. The van der Waals surface area contributed by atoms with E-state index in [2.05, 4.69) is 4.98 Å². The van der Waals surface area contributed by atoms with Crippen molar-refractivity contribution < 1.29 is 14.0 Å². The van der Waals surface area contributed by atoms with Gasteiger partial charge in [0.15, 0.2) is 5.69 Å². The fraction of sp³-hybridized carbons (Fsp3) is 0.476. The molecule has 0 unspecified atom stereocenters. The zero-order chi connectivity index (χ0) is 20.4. The van der Waals surface area contributed by atoms with Crippen LogP contribution >= 0.6 is 11.6 Å². The molecule has 0 bridgehead atoms. The lowest BCUT2D eigenvalue weighted by Gasteiger charge is -2.38. The van der Waals surface area contributed by atoms with Gasteiger partial charge in [0.1, 0.15) is 5.76 Å². The van der Waals surface area contributed by atoms with E-state index in [0.717, 1.165) is 31.5 Å². The summed E-state index contributed by atoms with van der Waals surface area (Å²) in [5.74, 6) is 0.740. The molecular formula is C21H25ClN4O3. The molecule has 8 heteroatoms. The fourth-order valence-electron chi connectivity index (χ4n) is 3.85. The molecule has 3 heterocycles. The van der Waals surface area contributed by atoms with Gasteiger partial charge in [0.05, 0.1) is 0 Å². The lowest BCUT2D eigenvalue weighted by Crippen LogP contribution is -2.54. The summed E-state index contributed by atoms with van der Waals surface area (Å²) in [6, 6.07) is 7.24. The first-order valence-corrected chi connectivity index (χ1v) is 10.5. The van der Waals surface area contributed by atoms with Gasteiger partial charge in [-0.15, -0.1) is 0 Å². The Bertz CT molecular complexity index is 882. The van der Waals surface area contributed by atoms with E-state index in [1.54, 1.807) is 24.0 Å². The number of piperidine rings is 1. The number of halogens is 1. The highest BCUT2D eigenvalue weighted by atomic mass is 35.5. The van der Waals surface area contributed by atoms with Crippen LogP contribution in [0.4, 0.5) is 4.79 Å². The molecule has 2 fully saturated rings. The number of benzene rings is 1. The minimum atomic E-state index is -0.156. The molecule has 0 radical (unpaired) electrons. The van der Waals surface area contributed by atoms with Crippen LogP contribution in [0.5, 0.6) is 0 Å². The largest absolute Gasteiger partial charge is 0.441 e. The number of urea groups is 1. The molecule has 3 amide bonds. The van der Waals surface area contributed by atoms with E-state index < -0.39 is 0 Å². The van der Waals surface area contributed by atoms with Crippen LogP contribution < -0.4 is 0 Å². The van der Waals surface area contributed by atoms with Crippen LogP contribution in [-0.2, 0) is 0 Å². The summed E-state index contributed by atoms with van der Waals surface area (Å²) in [6.07, 6.45) is 3.35. The lowest BCUT2D eigenvalue weighted by molar-refractivity contribution is 0.0626. The van der Waals surface area contributed by atoms with Crippen LogP contribution in [-0.4, -0.2) is 70.9 Å². The first kappa shape index (κ1) is 19.8. The number of aryl methyl sites for hydroxylation is 1. The van der Waals surface area contributed by atoms with Crippen LogP contribution in [0.15, 0.2) is 28.7 Å². The Morgan fingerprint density at radius 3 is 2.14 bits per heavy atom. The summed E-state index contributed by atoms with van der Waals surface area (Å²) < 4.78 is 5.72. The topological polar surface area (TPSA) is 69.9 Å². The number of aromatic nitrogens is 1. The molecule has 4 rings (SSSR count). The molecule has 2 saturated heterocycles. The molecule has 154 valence electrons. The molecule has 1 aromatic carbocycles. The summed E-state index contributed by atoms with van der Waals surface area (Å²) in [4.78, 5) is 35.6. The number of carbonyl (C=O) groups excluding carboxylic acids is 2. The predicted molar refractivity (Wildman–Crippen MR) is 110 cm³/mol. The van der Waals surface area contributed by atoms with Crippen LogP contribution in [0, 0.1) is 6.92 Å². The second kappa shape index (κ2) is 8.45. The van der Waals surface area contributed by atoms with E-state index in [4.69, 9.17) is 16.0 Å². The van der Waals surface area contributed by atoms with E-state index in [-0.39, 0.29) is 11.9 Å². The Morgan fingerprint density at radius 1 is 0.897 bits per heavy atom. The maximum absolute atomic E-state index is 13.0. The number of piperazine rings is 1. The number of hydrogen-bond acceptors (Lipinski definition) is 4. The van der Waals surface area contributed by atoms with Gasteiger partial charge in [-0.2, -0.15) is 0 Å². The van der Waals surface area contributed by atoms with Crippen molar-refractivity contribution >= 4 is 23.5 Å². The third-order valence-electron chi connectivity index (χ3n) is 5.55. The van der Waals surface area contributed by atoms with Gasteiger partial charge in [-0.05, 0) is 50.5 Å². The van der Waals surface area contributed by atoms with Crippen molar-refractivity contribution in [2.24, 2.45) is 0 Å². The van der Waals surface area contributed by atoms with E-state index in [1.165, 1.54) is 6.42 Å². The minimum absolute atomic E-state index is 0.0967. The maximum atomic E-state index is 13.0. The summed E-state index contributed by atoms with van der Waals surface area (Å²) >= 11 is 5.93. The number of rotatable bonds is 2. The van der Waals surface area contributed by atoms with Crippen molar-refractivity contribution in [2.45, 2.75) is 26.2 Å². The zero-order valence-corrected chi connectivity index (χ0v) is 17.3. The molecule has 2 aliphatic heterocycles. The van der Waals surface area contributed by atoms with E-state index in [9.17, 15) is 9.59 Å². The van der Waals surface area contributed by atoms with Crippen molar-refractivity contribution in [3.63, 3.8) is 0 Å². The number of oxazole rings is 1. The third-order valence-corrected chi connectivity index (χ3v) is 5.81. The molecule has 0 atom stereocenters. The van der Waals surface area contributed by atoms with Gasteiger partial charge in [0.25, 0.3) is 5.91 Å². The molecule has 2 aromatic rings. The zero-order valence-electron chi connectivity index (χ0n) is 16.6. The van der Waals surface area contributed by atoms with Crippen LogP contribution in [0.1, 0.15) is 35.5 Å². The van der Waals surface area contributed by atoms with Crippen LogP contribution in [0.25, 0.3) is 11.5 Å². The highest BCUT2D eigenvalue weighted by Gasteiger charge is 2.30. The Balaban J connectivity index is 1.39. The SMILES string of the molecule is Cc1oc(-c2ccc(Cl)cc2)nc1C(=O)N1CCN(C(=O)N2CCCCC2)CC1. The standard InChI is InChI=1S/C21H25ClN4O3/c1-15-18(23-19(29-15)16-5-7-17(22)8-6-16)20(27)24-11-13-26(14-12-24)21(28)25-9-3-2-4-10-25/h5-8H,2-4,9-14H2,1H3. The summed E-state index contributed by atoms with van der Waals surface area (Å²) in [6.45, 7) is 5.51. The highest BCUT2D eigenvalue weighted by Crippen LogP contribution is 2.24. The van der Waals surface area contributed by atoms with Gasteiger partial charge in [0, 0.05) is 49.9 Å². The van der Waals surface area contributed by atoms with Gasteiger partial charge >= 0.3 is 6.03 Å². The molecule has 7 nitrogen and oxygen atoms in total. The van der Waals surface area contributed by atoms with E-state index >= 15 is 0 Å². The third kappa shape index (κ3) is 4.24. The monoisotopic (exact) mass is 416 g/mol. The normalized spacial score (nSPS) is 17.5. The first-order chi connectivity index (χ1) is 14.0. The number of likely N-dealkylation sites (tertiary alicyclic amines) is 1. The van der Waals surface area contributed by atoms with Gasteiger partial charge in [0.2, 0.25) is 5.89 Å². The van der Waals surface area contributed by atoms with Crippen molar-refractivity contribution in [1.82, 2.24) is 19.7 Å². The minimum Gasteiger partial charge on any atom is -0.441 e. The molecule has 1 aromatic heterocycles. The summed E-state index contributed by atoms with van der Waals surface area (Å²) in [5.41, 5.74) is 1.10. The first-order valence-electron chi connectivity index (χ1n) is 10.1. The van der Waals surface area contributed by atoms with Gasteiger partial charge in [-0.1, -0.05) is 11.6 Å². The number of hydrogen-bond donors (Lipinski definition) is 0. The number of nitrogens with zero attached hydrogens (tertiary/aromatic N) is 4. The quantitative estimate of drug-likeness (QED) is 0.749. The van der Waals surface area contributed by atoms with E-state index in [0.29, 0.717) is 48.5 Å². The van der Waals surface area contributed by atoms with Gasteiger partial charge < -0.3 is 19.1 Å². The van der Waals surface area contributed by atoms with Gasteiger partial charge in [-0.3, -0.25) is 4.79 Å². The number of carbonyl (C=O) groups is 2. The molecule has 0 saturated carbocycles. The Hall–Kier alpha value is -2.54. The number of amides is 3. The highest BCUT2D eigenvalue weighted by molar-refractivity contribution is 6.30. The average molecular weight is 417 g/mol. The second-order valence-electron chi connectivity index (χ2n) is 7.54. The molecular weight excluding hydrogens is 392 g/mol. The van der Waals surface area contributed by atoms with Crippen molar-refractivity contribution in [3.05, 3.63) is 40.7 Å². The Labute approximate surface area is 175 Å². The van der Waals surface area contributed by atoms with E-state index in [1.807, 2.05) is 21.9 Å². The Morgan fingerprint density at radius 2 is 1.48 bits per heavy atom. The maximum Gasteiger partial charge on any atom is 0.320 e. The van der Waals surface area contributed by atoms with Crippen LogP contribution in [0.2, 0.25) is 5.02 Å². The van der Waals surface area contributed by atoms with Crippen molar-refractivity contribution in [3.8, 4) is 11.5 Å². The average Bonchev–Trinajstić information content (AvgIpc) is 3.15. The summed E-state index contributed by atoms with van der Waals surface area (Å²) in [7, 11) is 0. The van der Waals surface area contributed by atoms with Crippen molar-refractivity contribution in [2.75, 3.05) is 39.3 Å². The molecule has 0 spiro atoms.